The van der Waals surface area contributed by atoms with Gasteiger partial charge in [0.05, 0.1) is 25.3 Å². The lowest BCUT2D eigenvalue weighted by atomic mass is 10.0. The van der Waals surface area contributed by atoms with E-state index in [0.717, 1.165) is 28.3 Å². The van der Waals surface area contributed by atoms with E-state index < -0.39 is 5.79 Å². The molecule has 2 heterocycles. The Kier molecular flexibility index (Phi) is 4.17. The van der Waals surface area contributed by atoms with Crippen LogP contribution in [0.15, 0.2) is 27.1 Å². The standard InChI is InChI=1S/C14H15Br2NO3/c15-10-2-3-12(16)11(8-10)13(18)17-5-1-4-14(9-17)19-6-7-20-14/h2-3,8H,1,4-7,9H2. The zero-order chi connectivity index (χ0) is 14.2. The summed E-state index contributed by atoms with van der Waals surface area (Å²) in [7, 11) is 0. The number of benzene rings is 1. The van der Waals surface area contributed by atoms with Crippen LogP contribution >= 0.6 is 31.9 Å². The number of piperidine rings is 1. The molecule has 0 bridgehead atoms. The zero-order valence-corrected chi connectivity index (χ0v) is 14.1. The molecule has 2 aliphatic rings. The van der Waals surface area contributed by atoms with Crippen LogP contribution in [0.1, 0.15) is 23.2 Å². The van der Waals surface area contributed by atoms with Gasteiger partial charge in [0.25, 0.3) is 5.91 Å². The molecule has 0 N–H and O–H groups in total. The first kappa shape index (κ1) is 14.5. The molecule has 4 nitrogen and oxygen atoms in total. The van der Waals surface area contributed by atoms with E-state index in [9.17, 15) is 4.79 Å². The van der Waals surface area contributed by atoms with Crippen LogP contribution in [0.3, 0.4) is 0 Å². The molecule has 3 rings (SSSR count). The van der Waals surface area contributed by atoms with E-state index in [0.29, 0.717) is 25.3 Å². The van der Waals surface area contributed by atoms with E-state index in [1.165, 1.54) is 0 Å². The topological polar surface area (TPSA) is 38.8 Å². The second kappa shape index (κ2) is 5.75. The lowest BCUT2D eigenvalue weighted by Gasteiger charge is -2.38. The summed E-state index contributed by atoms with van der Waals surface area (Å²) < 4.78 is 13.1. The molecule has 108 valence electrons. The Morgan fingerprint density at radius 3 is 2.75 bits per heavy atom. The third kappa shape index (κ3) is 2.79. The quantitative estimate of drug-likeness (QED) is 0.721. The van der Waals surface area contributed by atoms with Crippen LogP contribution in [-0.2, 0) is 9.47 Å². The van der Waals surface area contributed by atoms with Gasteiger partial charge >= 0.3 is 0 Å². The predicted octanol–water partition coefficient (Wildman–Crippen LogP) is 3.19. The van der Waals surface area contributed by atoms with Crippen LogP contribution < -0.4 is 0 Å². The Hall–Kier alpha value is -0.430. The molecular formula is C14H15Br2NO3. The monoisotopic (exact) mass is 403 g/mol. The molecule has 1 spiro atoms. The highest BCUT2D eigenvalue weighted by molar-refractivity contribution is 9.11. The van der Waals surface area contributed by atoms with Crippen LogP contribution in [0.25, 0.3) is 0 Å². The van der Waals surface area contributed by atoms with Gasteiger partial charge in [-0.15, -0.1) is 0 Å². The molecule has 6 heteroatoms. The summed E-state index contributed by atoms with van der Waals surface area (Å²) in [4.78, 5) is 14.5. The third-order valence-electron chi connectivity index (χ3n) is 3.68. The van der Waals surface area contributed by atoms with Crippen LogP contribution in [0.5, 0.6) is 0 Å². The van der Waals surface area contributed by atoms with Gasteiger partial charge in [0.1, 0.15) is 0 Å². The molecule has 1 amide bonds. The number of amides is 1. The van der Waals surface area contributed by atoms with Crippen molar-refractivity contribution in [3.63, 3.8) is 0 Å². The van der Waals surface area contributed by atoms with Crippen molar-refractivity contribution in [1.82, 2.24) is 4.90 Å². The van der Waals surface area contributed by atoms with Gasteiger partial charge in [0.15, 0.2) is 5.79 Å². The number of carbonyl (C=O) groups is 1. The number of rotatable bonds is 1. The molecule has 1 aromatic carbocycles. The normalized spacial score (nSPS) is 21.4. The third-order valence-corrected chi connectivity index (χ3v) is 4.86. The Labute approximate surface area is 134 Å². The first-order chi connectivity index (χ1) is 9.60. The number of nitrogens with zero attached hydrogens (tertiary/aromatic N) is 1. The minimum absolute atomic E-state index is 0.0105. The SMILES string of the molecule is O=C(c1cc(Br)ccc1Br)N1CCCC2(C1)OCCO2. The first-order valence-electron chi connectivity index (χ1n) is 6.62. The van der Waals surface area contributed by atoms with Crippen molar-refractivity contribution >= 4 is 37.8 Å². The average molecular weight is 405 g/mol. The van der Waals surface area contributed by atoms with Crippen LogP contribution in [0, 0.1) is 0 Å². The number of hydrogen-bond donors (Lipinski definition) is 0. The molecule has 0 aliphatic carbocycles. The number of carbonyl (C=O) groups excluding carboxylic acids is 1. The van der Waals surface area contributed by atoms with Gasteiger partial charge < -0.3 is 14.4 Å². The maximum Gasteiger partial charge on any atom is 0.255 e. The lowest BCUT2D eigenvalue weighted by molar-refractivity contribution is -0.183. The summed E-state index contributed by atoms with van der Waals surface area (Å²) in [6.45, 7) is 2.47. The molecule has 0 radical (unpaired) electrons. The van der Waals surface area contributed by atoms with Crippen molar-refractivity contribution in [2.75, 3.05) is 26.3 Å². The highest BCUT2D eigenvalue weighted by Gasteiger charge is 2.42. The second-order valence-electron chi connectivity index (χ2n) is 5.06. The number of hydrogen-bond acceptors (Lipinski definition) is 3. The zero-order valence-electron chi connectivity index (χ0n) is 10.9. The summed E-state index contributed by atoms with van der Waals surface area (Å²) in [6.07, 6.45) is 1.76. The van der Waals surface area contributed by atoms with Crippen molar-refractivity contribution in [1.29, 1.82) is 0 Å². The molecule has 2 aliphatic heterocycles. The van der Waals surface area contributed by atoms with Crippen molar-refractivity contribution in [2.24, 2.45) is 0 Å². The number of likely N-dealkylation sites (tertiary alicyclic amines) is 1. The predicted molar refractivity (Wildman–Crippen MR) is 81.6 cm³/mol. The van der Waals surface area contributed by atoms with Crippen molar-refractivity contribution < 1.29 is 14.3 Å². The molecule has 2 saturated heterocycles. The summed E-state index contributed by atoms with van der Waals surface area (Å²) in [5.41, 5.74) is 0.662. The van der Waals surface area contributed by atoms with Gasteiger partial charge in [-0.1, -0.05) is 15.9 Å². The smallest absolute Gasteiger partial charge is 0.255 e. The number of ether oxygens (including phenoxy) is 2. The van der Waals surface area contributed by atoms with Gasteiger partial charge in [-0.25, -0.2) is 0 Å². The van der Waals surface area contributed by atoms with Gasteiger partial charge in [0, 0.05) is 21.9 Å². The fourth-order valence-electron chi connectivity index (χ4n) is 2.73. The van der Waals surface area contributed by atoms with Crippen molar-refractivity contribution in [3.8, 4) is 0 Å². The van der Waals surface area contributed by atoms with Gasteiger partial charge in [-0.3, -0.25) is 4.79 Å². The molecule has 1 aromatic rings. The summed E-state index contributed by atoms with van der Waals surface area (Å²) in [5.74, 6) is -0.566. The Balaban J connectivity index is 1.81. The van der Waals surface area contributed by atoms with Crippen molar-refractivity contribution in [3.05, 3.63) is 32.7 Å². The van der Waals surface area contributed by atoms with Gasteiger partial charge in [0.2, 0.25) is 0 Å². The van der Waals surface area contributed by atoms with E-state index in [1.54, 1.807) is 0 Å². The van der Waals surface area contributed by atoms with Gasteiger partial charge in [-0.2, -0.15) is 0 Å². The lowest BCUT2D eigenvalue weighted by Crippen LogP contribution is -2.51. The summed E-state index contributed by atoms with van der Waals surface area (Å²) in [6, 6.07) is 5.62. The van der Waals surface area contributed by atoms with E-state index in [1.807, 2.05) is 23.1 Å². The summed E-state index contributed by atoms with van der Waals surface area (Å²) in [5, 5.41) is 0. The van der Waals surface area contributed by atoms with Crippen molar-refractivity contribution in [2.45, 2.75) is 18.6 Å². The highest BCUT2D eigenvalue weighted by atomic mass is 79.9. The Morgan fingerprint density at radius 1 is 1.25 bits per heavy atom. The molecular weight excluding hydrogens is 390 g/mol. The fourth-order valence-corrected chi connectivity index (χ4v) is 3.50. The van der Waals surface area contributed by atoms with Crippen LogP contribution in [-0.4, -0.2) is 42.9 Å². The highest BCUT2D eigenvalue weighted by Crippen LogP contribution is 2.32. The Bertz CT molecular complexity index is 529. The molecule has 20 heavy (non-hydrogen) atoms. The van der Waals surface area contributed by atoms with Gasteiger partial charge in [-0.05, 0) is 40.5 Å². The maximum absolute atomic E-state index is 12.7. The van der Waals surface area contributed by atoms with E-state index in [-0.39, 0.29) is 5.91 Å². The second-order valence-corrected chi connectivity index (χ2v) is 6.83. The average Bonchev–Trinajstić information content (AvgIpc) is 2.88. The molecule has 0 atom stereocenters. The minimum atomic E-state index is -0.577. The molecule has 0 saturated carbocycles. The van der Waals surface area contributed by atoms with Crippen LogP contribution in [0.4, 0.5) is 0 Å². The van der Waals surface area contributed by atoms with E-state index in [4.69, 9.17) is 9.47 Å². The molecule has 0 aromatic heterocycles. The number of halogens is 2. The first-order valence-corrected chi connectivity index (χ1v) is 8.20. The Morgan fingerprint density at radius 2 is 2.00 bits per heavy atom. The fraction of sp³-hybridized carbons (Fsp3) is 0.500. The summed E-state index contributed by atoms with van der Waals surface area (Å²) >= 11 is 6.85. The van der Waals surface area contributed by atoms with E-state index >= 15 is 0 Å². The molecule has 2 fully saturated rings. The largest absolute Gasteiger partial charge is 0.346 e. The molecule has 0 unspecified atom stereocenters. The maximum atomic E-state index is 12.7. The van der Waals surface area contributed by atoms with Crippen LogP contribution in [0.2, 0.25) is 0 Å². The van der Waals surface area contributed by atoms with E-state index in [2.05, 4.69) is 31.9 Å². The minimum Gasteiger partial charge on any atom is -0.346 e.